The van der Waals surface area contributed by atoms with Crippen LogP contribution in [0.25, 0.3) is 0 Å². The van der Waals surface area contributed by atoms with E-state index in [2.05, 4.69) is 4.72 Å². The fourth-order valence-electron chi connectivity index (χ4n) is 2.01. The summed E-state index contributed by atoms with van der Waals surface area (Å²) < 4.78 is 32.2. The number of aliphatic hydroxyl groups excluding tert-OH is 1. The van der Waals surface area contributed by atoms with Crippen molar-refractivity contribution >= 4 is 16.0 Å². The molecule has 0 spiro atoms. The minimum Gasteiger partial charge on any atom is -0.478 e. The molecule has 0 saturated carbocycles. The van der Waals surface area contributed by atoms with E-state index in [1.54, 1.807) is 6.92 Å². The zero-order valence-corrected chi connectivity index (χ0v) is 12.5. The molecule has 0 saturated heterocycles. The van der Waals surface area contributed by atoms with Gasteiger partial charge in [-0.2, -0.15) is 0 Å². The topological polar surface area (TPSA) is 117 Å². The zero-order chi connectivity index (χ0) is 15.5. The first-order valence-electron chi connectivity index (χ1n) is 6.21. The summed E-state index contributed by atoms with van der Waals surface area (Å²) in [5, 5.41) is 18.0. The number of furan rings is 1. The molecule has 1 unspecified atom stereocenters. The highest BCUT2D eigenvalue weighted by Gasteiger charge is 2.31. The number of aromatic carboxylic acids is 1. The van der Waals surface area contributed by atoms with Crippen molar-refractivity contribution in [1.82, 2.24) is 4.72 Å². The first-order chi connectivity index (χ1) is 9.24. The molecule has 114 valence electrons. The van der Waals surface area contributed by atoms with E-state index < -0.39 is 22.0 Å². The number of hydrogen-bond acceptors (Lipinski definition) is 5. The monoisotopic (exact) mass is 305 g/mol. The van der Waals surface area contributed by atoms with Crippen molar-refractivity contribution < 1.29 is 27.8 Å². The van der Waals surface area contributed by atoms with Crippen LogP contribution in [0.2, 0.25) is 0 Å². The van der Waals surface area contributed by atoms with E-state index in [4.69, 9.17) is 14.6 Å². The van der Waals surface area contributed by atoms with Crippen LogP contribution in [0.3, 0.4) is 0 Å². The van der Waals surface area contributed by atoms with Crippen LogP contribution in [0.15, 0.2) is 9.31 Å². The van der Waals surface area contributed by atoms with Gasteiger partial charge in [0, 0.05) is 12.6 Å². The van der Waals surface area contributed by atoms with Crippen LogP contribution in [0.5, 0.6) is 0 Å². The standard InChI is InChI=1S/C12H19NO6S/c1-4-9(5-6-14)13-20(17,18)11-8(3)19-7(2)10(11)12(15)16/h9,13-14H,4-6H2,1-3H3,(H,15,16). The van der Waals surface area contributed by atoms with Gasteiger partial charge in [-0.3, -0.25) is 0 Å². The number of sulfonamides is 1. The van der Waals surface area contributed by atoms with Gasteiger partial charge in [0.05, 0.1) is 0 Å². The van der Waals surface area contributed by atoms with Crippen molar-refractivity contribution in [2.24, 2.45) is 0 Å². The van der Waals surface area contributed by atoms with Gasteiger partial charge in [-0.05, 0) is 26.7 Å². The number of aliphatic hydroxyl groups is 1. The highest BCUT2D eigenvalue weighted by molar-refractivity contribution is 7.89. The molecule has 20 heavy (non-hydrogen) atoms. The maximum atomic E-state index is 12.3. The van der Waals surface area contributed by atoms with Gasteiger partial charge in [0.2, 0.25) is 10.0 Å². The molecule has 1 aromatic rings. The van der Waals surface area contributed by atoms with Crippen molar-refractivity contribution in [3.63, 3.8) is 0 Å². The molecule has 7 nitrogen and oxygen atoms in total. The predicted octanol–water partition coefficient (Wildman–Crippen LogP) is 1.03. The van der Waals surface area contributed by atoms with Crippen molar-refractivity contribution in [3.05, 3.63) is 17.1 Å². The number of nitrogens with one attached hydrogen (secondary N) is 1. The molecule has 0 fully saturated rings. The lowest BCUT2D eigenvalue weighted by atomic mass is 10.2. The maximum Gasteiger partial charge on any atom is 0.340 e. The molecule has 0 aliphatic heterocycles. The third-order valence-corrected chi connectivity index (χ3v) is 4.65. The molecule has 0 bridgehead atoms. The third kappa shape index (κ3) is 3.38. The van der Waals surface area contributed by atoms with Gasteiger partial charge in [-0.1, -0.05) is 6.92 Å². The smallest absolute Gasteiger partial charge is 0.340 e. The van der Waals surface area contributed by atoms with E-state index in [1.807, 2.05) is 0 Å². The number of carboxylic acid groups (broad SMARTS) is 1. The Kier molecular flexibility index (Phi) is 5.32. The van der Waals surface area contributed by atoms with Crippen molar-refractivity contribution in [2.75, 3.05) is 6.61 Å². The lowest BCUT2D eigenvalue weighted by Gasteiger charge is -2.15. The second kappa shape index (κ2) is 6.38. The normalized spacial score (nSPS) is 13.4. The van der Waals surface area contributed by atoms with Crippen LogP contribution < -0.4 is 4.72 Å². The summed E-state index contributed by atoms with van der Waals surface area (Å²) in [6.07, 6.45) is 0.742. The van der Waals surface area contributed by atoms with Crippen LogP contribution in [0.4, 0.5) is 0 Å². The van der Waals surface area contributed by atoms with E-state index >= 15 is 0 Å². The number of aryl methyl sites for hydroxylation is 2. The molecule has 1 rings (SSSR count). The van der Waals surface area contributed by atoms with Crippen molar-refractivity contribution in [3.8, 4) is 0 Å². The van der Waals surface area contributed by atoms with E-state index in [0.29, 0.717) is 6.42 Å². The summed E-state index contributed by atoms with van der Waals surface area (Å²) in [5.41, 5.74) is -0.353. The first-order valence-corrected chi connectivity index (χ1v) is 7.69. The Hall–Kier alpha value is -1.38. The van der Waals surface area contributed by atoms with E-state index in [-0.39, 0.29) is 35.0 Å². The number of carbonyl (C=O) groups is 1. The first kappa shape index (κ1) is 16.7. The predicted molar refractivity (Wildman–Crippen MR) is 71.2 cm³/mol. The van der Waals surface area contributed by atoms with E-state index in [1.165, 1.54) is 13.8 Å². The summed E-state index contributed by atoms with van der Waals surface area (Å²) in [6.45, 7) is 4.42. The second-order valence-electron chi connectivity index (χ2n) is 4.46. The Bertz CT molecular complexity index is 589. The van der Waals surface area contributed by atoms with Crippen LogP contribution in [0.1, 0.15) is 41.6 Å². The number of carboxylic acids is 1. The average Bonchev–Trinajstić information content (AvgIpc) is 2.64. The van der Waals surface area contributed by atoms with E-state index in [9.17, 15) is 13.2 Å². The molecular formula is C12H19NO6S. The summed E-state index contributed by atoms with van der Waals surface area (Å²) >= 11 is 0. The molecule has 1 atom stereocenters. The Morgan fingerprint density at radius 2 is 1.95 bits per heavy atom. The number of rotatable bonds is 7. The van der Waals surface area contributed by atoms with Gasteiger partial charge in [-0.25, -0.2) is 17.9 Å². The van der Waals surface area contributed by atoms with Gasteiger partial charge in [0.15, 0.2) is 0 Å². The van der Waals surface area contributed by atoms with Gasteiger partial charge >= 0.3 is 5.97 Å². The summed E-state index contributed by atoms with van der Waals surface area (Å²) in [5.74, 6) is -1.27. The Balaban J connectivity index is 3.25. The van der Waals surface area contributed by atoms with Crippen LogP contribution in [-0.2, 0) is 10.0 Å². The quantitative estimate of drug-likeness (QED) is 0.693. The average molecular weight is 305 g/mol. The van der Waals surface area contributed by atoms with Crippen molar-refractivity contribution in [2.45, 2.75) is 44.6 Å². The van der Waals surface area contributed by atoms with Crippen LogP contribution in [-0.4, -0.2) is 37.2 Å². The molecule has 0 amide bonds. The molecule has 0 aromatic carbocycles. The molecule has 1 heterocycles. The lowest BCUT2D eigenvalue weighted by Crippen LogP contribution is -2.35. The van der Waals surface area contributed by atoms with Gasteiger partial charge in [0.25, 0.3) is 0 Å². The highest BCUT2D eigenvalue weighted by Crippen LogP contribution is 2.26. The van der Waals surface area contributed by atoms with Gasteiger partial charge in [0.1, 0.15) is 22.0 Å². The summed E-state index contributed by atoms with van der Waals surface area (Å²) in [4.78, 5) is 10.8. The minimum atomic E-state index is -4.01. The Labute approximate surface area is 117 Å². The summed E-state index contributed by atoms with van der Waals surface area (Å²) in [7, 11) is -4.01. The molecule has 0 radical (unpaired) electrons. The zero-order valence-electron chi connectivity index (χ0n) is 11.6. The fourth-order valence-corrected chi connectivity index (χ4v) is 3.78. The van der Waals surface area contributed by atoms with Crippen LogP contribution in [0, 0.1) is 13.8 Å². The number of hydrogen-bond donors (Lipinski definition) is 3. The summed E-state index contributed by atoms with van der Waals surface area (Å²) in [6, 6.07) is -0.457. The Morgan fingerprint density at radius 3 is 2.40 bits per heavy atom. The lowest BCUT2D eigenvalue weighted by molar-refractivity contribution is 0.0691. The van der Waals surface area contributed by atoms with Gasteiger partial charge < -0.3 is 14.6 Å². The second-order valence-corrected chi connectivity index (χ2v) is 6.11. The molecule has 0 aliphatic rings. The third-order valence-electron chi connectivity index (χ3n) is 2.98. The Morgan fingerprint density at radius 1 is 1.35 bits per heavy atom. The SMILES string of the molecule is CCC(CCO)NS(=O)(=O)c1c(C)oc(C)c1C(=O)O. The van der Waals surface area contributed by atoms with Gasteiger partial charge in [-0.15, -0.1) is 0 Å². The molecular weight excluding hydrogens is 286 g/mol. The minimum absolute atomic E-state index is 0.0336. The molecule has 1 aromatic heterocycles. The van der Waals surface area contributed by atoms with Crippen LogP contribution >= 0.6 is 0 Å². The fraction of sp³-hybridized carbons (Fsp3) is 0.583. The molecule has 3 N–H and O–H groups in total. The van der Waals surface area contributed by atoms with E-state index in [0.717, 1.165) is 0 Å². The van der Waals surface area contributed by atoms with Crippen molar-refractivity contribution in [1.29, 1.82) is 0 Å². The highest BCUT2D eigenvalue weighted by atomic mass is 32.2. The molecule has 0 aliphatic carbocycles. The maximum absolute atomic E-state index is 12.3. The largest absolute Gasteiger partial charge is 0.478 e. The molecule has 8 heteroatoms.